The summed E-state index contributed by atoms with van der Waals surface area (Å²) in [6.45, 7) is 4.03. The third-order valence-electron chi connectivity index (χ3n) is 7.06. The molecule has 37 heavy (non-hydrogen) atoms. The van der Waals surface area contributed by atoms with E-state index in [9.17, 15) is 14.4 Å². The van der Waals surface area contributed by atoms with Crippen LogP contribution in [0.4, 0.5) is 10.1 Å². The van der Waals surface area contributed by atoms with Crippen molar-refractivity contribution < 1.29 is 4.39 Å². The van der Waals surface area contributed by atoms with Crippen LogP contribution >= 0.6 is 25.2 Å². The largest absolute Gasteiger partial charge is 0.366 e. The van der Waals surface area contributed by atoms with E-state index in [1.54, 1.807) is 13.1 Å². The molecule has 0 aliphatic carbocycles. The molecule has 9 heteroatoms. The molecule has 0 radical (unpaired) electrons. The van der Waals surface area contributed by atoms with Gasteiger partial charge in [0.05, 0.1) is 17.2 Å². The van der Waals surface area contributed by atoms with Gasteiger partial charge in [0.1, 0.15) is 27.6 Å². The molecule has 1 fully saturated rings. The Balaban J connectivity index is 1.55. The van der Waals surface area contributed by atoms with Crippen molar-refractivity contribution >= 4 is 47.2 Å². The first-order valence-corrected chi connectivity index (χ1v) is 13.4. The lowest BCUT2D eigenvalue weighted by Gasteiger charge is -2.45. The molecule has 1 aliphatic rings. The topological polar surface area (TPSA) is 65.2 Å². The predicted molar refractivity (Wildman–Crippen MR) is 152 cm³/mol. The normalized spacial score (nSPS) is 17.1. The van der Waals surface area contributed by atoms with E-state index >= 15 is 0 Å². The minimum absolute atomic E-state index is 0.0635. The number of hydrogen-bond acceptors (Lipinski definition) is 5. The zero-order valence-electron chi connectivity index (χ0n) is 20.5. The maximum Gasteiger partial charge on any atom is 0.270 e. The van der Waals surface area contributed by atoms with E-state index in [1.165, 1.54) is 16.7 Å². The molecule has 188 valence electrons. The average Bonchev–Trinajstić information content (AvgIpc) is 2.89. The van der Waals surface area contributed by atoms with Gasteiger partial charge in [-0.2, -0.15) is 5.26 Å². The van der Waals surface area contributed by atoms with Gasteiger partial charge in [-0.1, -0.05) is 36.4 Å². The van der Waals surface area contributed by atoms with Gasteiger partial charge >= 0.3 is 0 Å². The fourth-order valence-electron chi connectivity index (χ4n) is 5.24. The summed E-state index contributed by atoms with van der Waals surface area (Å²) in [5.74, 6) is -0.263. The SMILES string of the molecule is CC1CN(c2c(C#N)c(=O)n(C)c3ccc(Br)nc23)CCN1C(c1ccc(F)cc1)c1ccc(P)cc1. The van der Waals surface area contributed by atoms with Crippen LogP contribution in [0.5, 0.6) is 0 Å². The Kier molecular flexibility index (Phi) is 7.13. The Morgan fingerprint density at radius 2 is 1.73 bits per heavy atom. The first kappa shape index (κ1) is 25.5. The van der Waals surface area contributed by atoms with Crippen LogP contribution in [0.15, 0.2) is 70.1 Å². The highest BCUT2D eigenvalue weighted by atomic mass is 79.9. The Bertz CT molecular complexity index is 1520. The molecule has 0 bridgehead atoms. The van der Waals surface area contributed by atoms with E-state index < -0.39 is 0 Å². The lowest BCUT2D eigenvalue weighted by Crippen LogP contribution is -2.53. The summed E-state index contributed by atoms with van der Waals surface area (Å²) < 4.78 is 15.9. The van der Waals surface area contributed by atoms with Crippen molar-refractivity contribution in [3.05, 3.63) is 98.1 Å². The molecule has 3 unspecified atom stereocenters. The molecule has 0 saturated carbocycles. The van der Waals surface area contributed by atoms with Crippen LogP contribution < -0.4 is 15.8 Å². The van der Waals surface area contributed by atoms with Gasteiger partial charge in [-0.3, -0.25) is 9.69 Å². The second-order valence-corrected chi connectivity index (χ2v) is 10.8. The molecule has 2 aromatic carbocycles. The van der Waals surface area contributed by atoms with Gasteiger partial charge in [-0.25, -0.2) is 9.37 Å². The summed E-state index contributed by atoms with van der Waals surface area (Å²) in [6, 6.07) is 20.8. The Morgan fingerprint density at radius 1 is 1.08 bits per heavy atom. The molecule has 1 saturated heterocycles. The van der Waals surface area contributed by atoms with Crippen molar-refractivity contribution in [3.63, 3.8) is 0 Å². The van der Waals surface area contributed by atoms with Gasteiger partial charge in [0.25, 0.3) is 5.56 Å². The smallest absolute Gasteiger partial charge is 0.270 e. The van der Waals surface area contributed by atoms with Gasteiger partial charge in [0, 0.05) is 32.7 Å². The van der Waals surface area contributed by atoms with E-state index in [4.69, 9.17) is 0 Å². The van der Waals surface area contributed by atoms with Gasteiger partial charge in [-0.15, -0.1) is 9.24 Å². The van der Waals surface area contributed by atoms with Crippen molar-refractivity contribution in [1.82, 2.24) is 14.5 Å². The maximum absolute atomic E-state index is 13.8. The number of rotatable bonds is 4. The van der Waals surface area contributed by atoms with Crippen LogP contribution in [0.25, 0.3) is 11.0 Å². The fraction of sp³-hybridized carbons (Fsp3) is 0.250. The molecule has 6 nitrogen and oxygen atoms in total. The zero-order chi connectivity index (χ0) is 26.3. The summed E-state index contributed by atoms with van der Waals surface area (Å²) >= 11 is 3.45. The number of piperazine rings is 1. The zero-order valence-corrected chi connectivity index (χ0v) is 23.3. The Morgan fingerprint density at radius 3 is 2.35 bits per heavy atom. The molecule has 0 amide bonds. The Hall–Kier alpha value is -3.11. The first-order chi connectivity index (χ1) is 17.8. The molecular formula is C28H26BrFN5OP. The number of fused-ring (bicyclic) bond motifs is 1. The number of halogens is 2. The minimum atomic E-state index is -0.328. The number of anilines is 1. The van der Waals surface area contributed by atoms with E-state index in [0.717, 1.165) is 16.4 Å². The molecule has 3 atom stereocenters. The van der Waals surface area contributed by atoms with Gasteiger partial charge in [0.2, 0.25) is 0 Å². The lowest BCUT2D eigenvalue weighted by molar-refractivity contribution is 0.150. The van der Waals surface area contributed by atoms with Crippen LogP contribution in [0, 0.1) is 17.1 Å². The highest BCUT2D eigenvalue weighted by molar-refractivity contribution is 9.10. The lowest BCUT2D eigenvalue weighted by atomic mass is 9.94. The highest BCUT2D eigenvalue weighted by Crippen LogP contribution is 2.35. The van der Waals surface area contributed by atoms with Crippen molar-refractivity contribution in [2.24, 2.45) is 7.05 Å². The number of aryl methyl sites for hydroxylation is 1. The highest BCUT2D eigenvalue weighted by Gasteiger charge is 2.33. The Labute approximate surface area is 225 Å². The molecule has 1 aliphatic heterocycles. The molecule has 0 spiro atoms. The average molecular weight is 578 g/mol. The fourth-order valence-corrected chi connectivity index (χ4v) is 5.74. The second kappa shape index (κ2) is 10.3. The number of nitriles is 1. The number of hydrogen-bond donors (Lipinski definition) is 0. The molecule has 3 heterocycles. The maximum atomic E-state index is 13.8. The van der Waals surface area contributed by atoms with Crippen LogP contribution in [0.2, 0.25) is 0 Å². The number of benzene rings is 2. The molecule has 4 aromatic rings. The third kappa shape index (κ3) is 4.80. The van der Waals surface area contributed by atoms with Crippen LogP contribution in [-0.4, -0.2) is 40.1 Å². The van der Waals surface area contributed by atoms with Crippen molar-refractivity contribution in [1.29, 1.82) is 5.26 Å². The first-order valence-electron chi connectivity index (χ1n) is 12.0. The molecule has 2 aromatic heterocycles. The summed E-state index contributed by atoms with van der Waals surface area (Å²) in [5, 5.41) is 11.1. The third-order valence-corrected chi connectivity index (χ3v) is 7.88. The molecular weight excluding hydrogens is 552 g/mol. The number of aromatic nitrogens is 2. The van der Waals surface area contributed by atoms with Crippen LogP contribution in [0.3, 0.4) is 0 Å². The van der Waals surface area contributed by atoms with E-state index in [2.05, 4.69) is 77.2 Å². The van der Waals surface area contributed by atoms with Crippen LogP contribution in [-0.2, 0) is 7.05 Å². The van der Waals surface area contributed by atoms with Gasteiger partial charge in [0.15, 0.2) is 0 Å². The van der Waals surface area contributed by atoms with E-state index in [1.807, 2.05) is 18.2 Å². The molecule has 5 rings (SSSR count). The quantitative estimate of drug-likeness (QED) is 0.264. The van der Waals surface area contributed by atoms with Crippen LogP contribution in [0.1, 0.15) is 29.7 Å². The molecule has 0 N–H and O–H groups in total. The van der Waals surface area contributed by atoms with Gasteiger partial charge < -0.3 is 9.47 Å². The second-order valence-electron chi connectivity index (χ2n) is 9.35. The van der Waals surface area contributed by atoms with Crippen molar-refractivity contribution in [2.75, 3.05) is 24.5 Å². The summed E-state index contributed by atoms with van der Waals surface area (Å²) in [5.41, 5.74) is 3.80. The standard InChI is InChI=1S/C28H26BrFN5OP/c1-17-16-34(27-22(15-31)28(36)33(2)23-11-12-24(29)32-25(23)27)13-14-35(17)26(18-3-7-20(30)8-4-18)19-5-9-21(37)10-6-19/h3-12,17,26H,13-14,16,37H2,1-2H3. The van der Waals surface area contributed by atoms with Gasteiger partial charge in [-0.05, 0) is 63.6 Å². The summed E-state index contributed by atoms with van der Waals surface area (Å²) in [7, 11) is 4.37. The monoisotopic (exact) mass is 577 g/mol. The minimum Gasteiger partial charge on any atom is -0.366 e. The predicted octanol–water partition coefficient (Wildman–Crippen LogP) is 4.51. The number of pyridine rings is 2. The summed E-state index contributed by atoms with van der Waals surface area (Å²) in [4.78, 5) is 22.2. The van der Waals surface area contributed by atoms with Crippen molar-refractivity contribution in [2.45, 2.75) is 19.0 Å². The summed E-state index contributed by atoms with van der Waals surface area (Å²) in [6.07, 6.45) is 0. The van der Waals surface area contributed by atoms with E-state index in [0.29, 0.717) is 41.0 Å². The van der Waals surface area contributed by atoms with E-state index in [-0.39, 0.29) is 29.0 Å². The number of nitrogens with zero attached hydrogens (tertiary/aromatic N) is 5. The van der Waals surface area contributed by atoms with Crippen molar-refractivity contribution in [3.8, 4) is 6.07 Å².